The maximum Gasteiger partial charge on any atom is 0.410 e. The van der Waals surface area contributed by atoms with Crippen LogP contribution < -0.4 is 4.74 Å². The van der Waals surface area contributed by atoms with Gasteiger partial charge >= 0.3 is 11.8 Å². The van der Waals surface area contributed by atoms with Crippen LogP contribution in [0.2, 0.25) is 0 Å². The van der Waals surface area contributed by atoms with E-state index in [4.69, 9.17) is 9.47 Å². The van der Waals surface area contributed by atoms with E-state index in [9.17, 15) is 14.9 Å². The number of carbonyl (C=O) groups is 1. The van der Waals surface area contributed by atoms with Gasteiger partial charge in [0.15, 0.2) is 0 Å². The van der Waals surface area contributed by atoms with Gasteiger partial charge in [0.1, 0.15) is 17.4 Å². The van der Waals surface area contributed by atoms with Crippen molar-refractivity contribution in [3.63, 3.8) is 0 Å². The van der Waals surface area contributed by atoms with Gasteiger partial charge in [0, 0.05) is 31.9 Å². The van der Waals surface area contributed by atoms with Crippen molar-refractivity contribution in [1.29, 1.82) is 0 Å². The van der Waals surface area contributed by atoms with Crippen LogP contribution >= 0.6 is 0 Å². The number of pyridine rings is 1. The number of hydrogen-bond donors (Lipinski definition) is 0. The minimum atomic E-state index is -0.547. The Kier molecular flexibility index (Phi) is 5.01. The third kappa shape index (κ3) is 3.64. The largest absolute Gasteiger partial charge is 0.490 e. The molecule has 3 heterocycles. The molecule has 0 aromatic carbocycles. The molecular formula is C19H24N4O5. The summed E-state index contributed by atoms with van der Waals surface area (Å²) in [5.74, 6) is 0.195. The minimum Gasteiger partial charge on any atom is -0.490 e. The van der Waals surface area contributed by atoms with E-state index in [2.05, 4.69) is 4.98 Å². The van der Waals surface area contributed by atoms with Crippen LogP contribution in [0.25, 0.3) is 16.6 Å². The summed E-state index contributed by atoms with van der Waals surface area (Å²) < 4.78 is 12.6. The maximum absolute atomic E-state index is 12.3. The lowest BCUT2D eigenvalue weighted by atomic mass is 9.99. The normalized spacial score (nSPS) is 14.8. The first-order valence-corrected chi connectivity index (χ1v) is 8.96. The zero-order chi connectivity index (χ0) is 20.6. The van der Waals surface area contributed by atoms with E-state index in [1.165, 1.54) is 13.3 Å². The average Bonchev–Trinajstić information content (AvgIpc) is 2.96. The van der Waals surface area contributed by atoms with Crippen molar-refractivity contribution in [2.45, 2.75) is 32.8 Å². The summed E-state index contributed by atoms with van der Waals surface area (Å²) in [6.07, 6.45) is 5.30. The monoisotopic (exact) mass is 388 g/mol. The molecule has 150 valence electrons. The Labute approximate surface area is 162 Å². The van der Waals surface area contributed by atoms with Crippen LogP contribution in [0.1, 0.15) is 32.8 Å². The number of nitrogens with zero attached hydrogens (tertiary/aromatic N) is 4. The second-order valence-electron chi connectivity index (χ2n) is 7.69. The second-order valence-corrected chi connectivity index (χ2v) is 7.69. The smallest absolute Gasteiger partial charge is 0.410 e. The number of carbonyl (C=O) groups excluding carboxylic acids is 1. The molecule has 28 heavy (non-hydrogen) atoms. The highest BCUT2D eigenvalue weighted by molar-refractivity contribution is 5.98. The van der Waals surface area contributed by atoms with Gasteiger partial charge in [0.2, 0.25) is 5.75 Å². The molecule has 0 spiro atoms. The SMILES string of the molecule is COc1c([N+](=O)[O-])cnc2c1c(C1=CCN(C(=O)OC(C)(C)C)CC1)cn2C. The van der Waals surface area contributed by atoms with E-state index in [0.717, 1.165) is 11.1 Å². The van der Waals surface area contributed by atoms with E-state index in [0.29, 0.717) is 30.5 Å². The number of aromatic nitrogens is 2. The van der Waals surface area contributed by atoms with Crippen molar-refractivity contribution in [3.8, 4) is 5.75 Å². The fourth-order valence-electron chi connectivity index (χ4n) is 3.29. The number of amides is 1. The van der Waals surface area contributed by atoms with Gasteiger partial charge in [0.05, 0.1) is 17.4 Å². The van der Waals surface area contributed by atoms with E-state index in [1.54, 1.807) is 4.90 Å². The number of hydrogen-bond acceptors (Lipinski definition) is 6. The zero-order valence-corrected chi connectivity index (χ0v) is 16.7. The molecule has 0 saturated heterocycles. The lowest BCUT2D eigenvalue weighted by Gasteiger charge is -2.29. The summed E-state index contributed by atoms with van der Waals surface area (Å²) in [4.78, 5) is 29.0. The number of methoxy groups -OCH3 is 1. The number of nitro groups is 1. The summed E-state index contributed by atoms with van der Waals surface area (Å²) in [7, 11) is 3.25. The number of ether oxygens (including phenoxy) is 2. The van der Waals surface area contributed by atoms with Gasteiger partial charge in [-0.25, -0.2) is 9.78 Å². The Bertz CT molecular complexity index is 971. The van der Waals surface area contributed by atoms with Crippen LogP contribution in [-0.2, 0) is 11.8 Å². The summed E-state index contributed by atoms with van der Waals surface area (Å²) >= 11 is 0. The van der Waals surface area contributed by atoms with Crippen molar-refractivity contribution in [3.05, 3.63) is 34.1 Å². The first kappa shape index (κ1) is 19.7. The van der Waals surface area contributed by atoms with E-state index >= 15 is 0 Å². The lowest BCUT2D eigenvalue weighted by Crippen LogP contribution is -2.39. The summed E-state index contributed by atoms with van der Waals surface area (Å²) in [5.41, 5.74) is 1.71. The number of aryl methyl sites for hydroxylation is 1. The Morgan fingerprint density at radius 1 is 1.36 bits per heavy atom. The molecular weight excluding hydrogens is 364 g/mol. The van der Waals surface area contributed by atoms with Crippen LogP contribution in [0.5, 0.6) is 5.75 Å². The molecule has 0 N–H and O–H groups in total. The van der Waals surface area contributed by atoms with E-state index in [-0.39, 0.29) is 17.5 Å². The first-order chi connectivity index (χ1) is 13.1. The Hall–Kier alpha value is -3.10. The quantitative estimate of drug-likeness (QED) is 0.589. The van der Waals surface area contributed by atoms with Gasteiger partial charge in [-0.1, -0.05) is 6.08 Å². The van der Waals surface area contributed by atoms with Crippen LogP contribution in [-0.4, -0.2) is 51.3 Å². The molecule has 0 unspecified atom stereocenters. The molecule has 0 radical (unpaired) electrons. The maximum atomic E-state index is 12.3. The van der Waals surface area contributed by atoms with Crippen LogP contribution in [0.3, 0.4) is 0 Å². The molecule has 0 aliphatic carbocycles. The van der Waals surface area contributed by atoms with Crippen molar-refractivity contribution < 1.29 is 19.2 Å². The number of fused-ring (bicyclic) bond motifs is 1. The highest BCUT2D eigenvalue weighted by atomic mass is 16.6. The standard InChI is InChI=1S/C19H24N4O5/c1-19(2,3)28-18(24)22-8-6-12(7-9-22)13-11-21(4)17-15(13)16(27-5)14(10-20-17)23(25)26/h6,10-11H,7-9H2,1-5H3. The topological polar surface area (TPSA) is 99.7 Å². The van der Waals surface area contributed by atoms with Crippen molar-refractivity contribution >= 4 is 28.4 Å². The van der Waals surface area contributed by atoms with Crippen LogP contribution in [0.4, 0.5) is 10.5 Å². The zero-order valence-electron chi connectivity index (χ0n) is 16.7. The average molecular weight is 388 g/mol. The first-order valence-electron chi connectivity index (χ1n) is 8.96. The predicted molar refractivity (Wildman–Crippen MR) is 104 cm³/mol. The minimum absolute atomic E-state index is 0.172. The van der Waals surface area contributed by atoms with Gasteiger partial charge in [-0.3, -0.25) is 10.1 Å². The molecule has 0 atom stereocenters. The van der Waals surface area contributed by atoms with Crippen molar-refractivity contribution in [2.75, 3.05) is 20.2 Å². The van der Waals surface area contributed by atoms with E-state index < -0.39 is 10.5 Å². The van der Waals surface area contributed by atoms with Gasteiger partial charge in [0.25, 0.3) is 0 Å². The Balaban J connectivity index is 1.98. The Morgan fingerprint density at radius 3 is 2.61 bits per heavy atom. The van der Waals surface area contributed by atoms with Gasteiger partial charge in [-0.05, 0) is 32.8 Å². The summed E-state index contributed by atoms with van der Waals surface area (Å²) in [5, 5.41) is 12.0. The van der Waals surface area contributed by atoms with Crippen LogP contribution in [0.15, 0.2) is 18.5 Å². The molecule has 2 aromatic rings. The summed E-state index contributed by atoms with van der Waals surface area (Å²) in [6.45, 7) is 6.41. The highest BCUT2D eigenvalue weighted by Crippen LogP contribution is 2.40. The van der Waals surface area contributed by atoms with Gasteiger partial charge in [-0.15, -0.1) is 0 Å². The van der Waals surface area contributed by atoms with Crippen molar-refractivity contribution in [2.24, 2.45) is 7.05 Å². The molecule has 0 saturated carbocycles. The molecule has 9 nitrogen and oxygen atoms in total. The molecule has 1 aliphatic heterocycles. The fraction of sp³-hybridized carbons (Fsp3) is 0.474. The van der Waals surface area contributed by atoms with Gasteiger partial charge < -0.3 is 18.9 Å². The predicted octanol–water partition coefficient (Wildman–Crippen LogP) is 3.51. The molecule has 3 rings (SSSR count). The molecule has 0 bridgehead atoms. The molecule has 1 aliphatic rings. The lowest BCUT2D eigenvalue weighted by molar-refractivity contribution is -0.385. The Morgan fingerprint density at radius 2 is 2.07 bits per heavy atom. The molecule has 1 amide bonds. The third-order valence-electron chi connectivity index (χ3n) is 4.53. The van der Waals surface area contributed by atoms with E-state index in [1.807, 2.05) is 44.7 Å². The molecule has 0 fully saturated rings. The number of rotatable bonds is 3. The van der Waals surface area contributed by atoms with Crippen molar-refractivity contribution in [1.82, 2.24) is 14.5 Å². The van der Waals surface area contributed by atoms with Gasteiger partial charge in [-0.2, -0.15) is 0 Å². The van der Waals surface area contributed by atoms with Crippen LogP contribution in [0, 0.1) is 10.1 Å². The molecule has 2 aromatic heterocycles. The molecule has 9 heteroatoms. The highest BCUT2D eigenvalue weighted by Gasteiger charge is 2.28. The summed E-state index contributed by atoms with van der Waals surface area (Å²) in [6, 6.07) is 0. The second kappa shape index (κ2) is 7.14. The third-order valence-corrected chi connectivity index (χ3v) is 4.53. The fourth-order valence-corrected chi connectivity index (χ4v) is 3.29.